The first-order valence-electron chi connectivity index (χ1n) is 18.0. The van der Waals surface area contributed by atoms with E-state index in [9.17, 15) is 14.4 Å². The van der Waals surface area contributed by atoms with E-state index < -0.39 is 7.60 Å². The van der Waals surface area contributed by atoms with Crippen molar-refractivity contribution in [1.82, 2.24) is 30.5 Å². The first-order chi connectivity index (χ1) is 21.8. The van der Waals surface area contributed by atoms with E-state index in [4.69, 9.17) is 10.7 Å². The summed E-state index contributed by atoms with van der Waals surface area (Å²) in [5, 5.41) is 11.0. The molecule has 12 nitrogen and oxygen atoms in total. The maximum absolute atomic E-state index is 11.4. The highest BCUT2D eigenvalue weighted by Crippen LogP contribution is 2.39. The van der Waals surface area contributed by atoms with Crippen LogP contribution in [0.2, 0.25) is 0 Å². The van der Waals surface area contributed by atoms with Crippen molar-refractivity contribution in [3.63, 3.8) is 0 Å². The first-order valence-corrected chi connectivity index (χ1v) is 19.8. The molecule has 0 unspecified atom stereocenters. The third-order valence-corrected chi connectivity index (χ3v) is 11.8. The third kappa shape index (κ3) is 11.0. The molecule has 13 heteroatoms. The van der Waals surface area contributed by atoms with Gasteiger partial charge in [0.05, 0.1) is 6.16 Å². The Kier molecular flexibility index (Phi) is 13.1. The first kappa shape index (κ1) is 34.8. The predicted molar refractivity (Wildman–Crippen MR) is 182 cm³/mol. The monoisotopic (exact) mass is 649 g/mol. The predicted octanol–water partition coefficient (Wildman–Crippen LogP) is 3.97. The normalized spacial score (nSPS) is 25.1. The molecule has 0 atom stereocenters. The lowest BCUT2D eigenvalue weighted by molar-refractivity contribution is 0.0384. The highest BCUT2D eigenvalue weighted by Gasteiger charge is 2.43. The Labute approximate surface area is 270 Å². The molecule has 1 saturated heterocycles. The number of nitrogens with two attached hydrogens (primary N) is 1. The second kappa shape index (κ2) is 17.0. The lowest BCUT2D eigenvalue weighted by Crippen LogP contribution is -2.63. The highest BCUT2D eigenvalue weighted by atomic mass is 31.2. The zero-order valence-electron chi connectivity index (χ0n) is 27.5. The van der Waals surface area contributed by atoms with Gasteiger partial charge in [0, 0.05) is 37.8 Å². The van der Waals surface area contributed by atoms with Crippen molar-refractivity contribution in [3.05, 3.63) is 0 Å². The molecule has 1 spiro atoms. The number of aromatic nitrogens is 3. The van der Waals surface area contributed by atoms with Crippen molar-refractivity contribution >= 4 is 25.4 Å². The number of hydrogen-bond donors (Lipinski definition) is 6. The summed E-state index contributed by atoms with van der Waals surface area (Å²) in [6, 6.07) is 0.759. The van der Waals surface area contributed by atoms with Crippen LogP contribution >= 0.6 is 7.60 Å². The van der Waals surface area contributed by atoms with Gasteiger partial charge in [0.15, 0.2) is 0 Å². The molecular weight excluding hydrogens is 589 g/mol. The van der Waals surface area contributed by atoms with Gasteiger partial charge in [0.25, 0.3) is 0 Å². The molecule has 7 N–H and O–H groups in total. The molecule has 0 aromatic carbocycles. The van der Waals surface area contributed by atoms with Crippen LogP contribution in [-0.4, -0.2) is 99.7 Å². The maximum Gasteiger partial charge on any atom is 0.325 e. The van der Waals surface area contributed by atoms with Crippen LogP contribution in [0.25, 0.3) is 0 Å². The van der Waals surface area contributed by atoms with Gasteiger partial charge in [-0.2, -0.15) is 15.0 Å². The van der Waals surface area contributed by atoms with Gasteiger partial charge in [-0.05, 0) is 102 Å². The Morgan fingerprint density at radius 2 is 1.56 bits per heavy atom. The molecule has 3 saturated carbocycles. The molecule has 0 amide bonds. The van der Waals surface area contributed by atoms with Crippen LogP contribution in [0.1, 0.15) is 103 Å². The molecule has 2 heterocycles. The molecule has 1 aromatic rings. The molecule has 0 bridgehead atoms. The lowest BCUT2D eigenvalue weighted by Gasteiger charge is -2.53. The van der Waals surface area contributed by atoms with Gasteiger partial charge in [0.2, 0.25) is 17.8 Å². The van der Waals surface area contributed by atoms with Gasteiger partial charge < -0.3 is 36.4 Å². The van der Waals surface area contributed by atoms with Crippen molar-refractivity contribution in [2.75, 3.05) is 74.5 Å². The van der Waals surface area contributed by atoms with Crippen molar-refractivity contribution in [2.45, 2.75) is 114 Å². The molecule has 1 aliphatic heterocycles. The topological polar surface area (TPSA) is 165 Å². The van der Waals surface area contributed by atoms with Crippen LogP contribution in [0.3, 0.4) is 0 Å². The summed E-state index contributed by atoms with van der Waals surface area (Å²) in [5.41, 5.74) is 6.17. The SMILES string of the molecule is Nc1nc(NC[C@H]2CC[C@H](CNCCCNC3CCCCC3)CC2)nc(N2CCN(CCCP(=O)(O)O)C3(CCCCC3)C2)n1. The Morgan fingerprint density at radius 3 is 2.29 bits per heavy atom. The van der Waals surface area contributed by atoms with E-state index >= 15 is 0 Å². The van der Waals surface area contributed by atoms with E-state index in [1.807, 2.05) is 0 Å². The quantitative estimate of drug-likeness (QED) is 0.120. The second-order valence-corrected chi connectivity index (χ2v) is 16.1. The second-order valence-electron chi connectivity index (χ2n) is 14.4. The number of nitrogen functional groups attached to an aromatic ring is 1. The van der Waals surface area contributed by atoms with Gasteiger partial charge in [0.1, 0.15) is 0 Å². The fourth-order valence-corrected chi connectivity index (χ4v) is 8.85. The molecule has 1 aromatic heterocycles. The minimum Gasteiger partial charge on any atom is -0.368 e. The molecule has 3 aliphatic carbocycles. The zero-order valence-corrected chi connectivity index (χ0v) is 28.4. The van der Waals surface area contributed by atoms with E-state index in [0.717, 1.165) is 70.6 Å². The Balaban J connectivity index is 1.03. The summed E-state index contributed by atoms with van der Waals surface area (Å²) in [5.74, 6) is 2.82. The molecule has 256 valence electrons. The average molecular weight is 650 g/mol. The molecule has 0 radical (unpaired) electrons. The van der Waals surface area contributed by atoms with E-state index in [1.54, 1.807) is 0 Å². The largest absolute Gasteiger partial charge is 0.368 e. The fraction of sp³-hybridized carbons (Fsp3) is 0.906. The van der Waals surface area contributed by atoms with Crippen LogP contribution < -0.4 is 26.6 Å². The molecule has 4 fully saturated rings. The number of nitrogens with one attached hydrogen (secondary N) is 3. The molecule has 4 aliphatic rings. The zero-order chi connectivity index (χ0) is 31.5. The Morgan fingerprint density at radius 1 is 0.844 bits per heavy atom. The number of rotatable bonds is 15. The van der Waals surface area contributed by atoms with Crippen molar-refractivity contribution in [3.8, 4) is 0 Å². The molecule has 45 heavy (non-hydrogen) atoms. The van der Waals surface area contributed by atoms with Gasteiger partial charge in [-0.1, -0.05) is 38.5 Å². The minimum atomic E-state index is -3.98. The van der Waals surface area contributed by atoms with Crippen molar-refractivity contribution < 1.29 is 14.4 Å². The van der Waals surface area contributed by atoms with E-state index in [0.29, 0.717) is 30.8 Å². The van der Waals surface area contributed by atoms with Crippen LogP contribution in [0.4, 0.5) is 17.8 Å². The summed E-state index contributed by atoms with van der Waals surface area (Å²) in [7, 11) is -3.98. The molecular formula is C32H60N9O3P. The van der Waals surface area contributed by atoms with Crippen LogP contribution in [0.15, 0.2) is 0 Å². The lowest BCUT2D eigenvalue weighted by atomic mass is 9.78. The summed E-state index contributed by atoms with van der Waals surface area (Å²) in [4.78, 5) is 37.2. The Hall–Kier alpha value is -1.56. The van der Waals surface area contributed by atoms with Gasteiger partial charge in [-0.15, -0.1) is 0 Å². The summed E-state index contributed by atoms with van der Waals surface area (Å²) >= 11 is 0. The highest BCUT2D eigenvalue weighted by molar-refractivity contribution is 7.51. The maximum atomic E-state index is 11.4. The Bertz CT molecular complexity index is 1070. The summed E-state index contributed by atoms with van der Waals surface area (Å²) in [6.07, 6.45) is 19.3. The molecule has 5 rings (SSSR count). The average Bonchev–Trinajstić information content (AvgIpc) is 3.03. The smallest absolute Gasteiger partial charge is 0.325 e. The third-order valence-electron chi connectivity index (χ3n) is 10.9. The number of hydrogen-bond acceptors (Lipinski definition) is 10. The van der Waals surface area contributed by atoms with Crippen molar-refractivity contribution in [1.29, 1.82) is 0 Å². The fourth-order valence-electron chi connectivity index (χ4n) is 8.29. The van der Waals surface area contributed by atoms with Crippen LogP contribution in [0, 0.1) is 11.8 Å². The van der Waals surface area contributed by atoms with E-state index in [2.05, 4.69) is 35.7 Å². The van der Waals surface area contributed by atoms with E-state index in [1.165, 1.54) is 83.5 Å². The van der Waals surface area contributed by atoms with Gasteiger partial charge >= 0.3 is 7.60 Å². The van der Waals surface area contributed by atoms with E-state index in [-0.39, 0.29) is 17.6 Å². The number of anilines is 3. The number of nitrogens with zero attached hydrogens (tertiary/aromatic N) is 5. The van der Waals surface area contributed by atoms with Gasteiger partial charge in [-0.3, -0.25) is 9.46 Å². The summed E-state index contributed by atoms with van der Waals surface area (Å²) < 4.78 is 11.4. The number of piperazine rings is 1. The van der Waals surface area contributed by atoms with Crippen LogP contribution in [-0.2, 0) is 4.57 Å². The standard InChI is InChI=1S/C32H60N9O3P/c33-29-37-30(36-24-27-13-11-26(12-14-27)23-34-17-7-18-35-28-9-3-1-4-10-28)39-31(38-29)40-20-21-41(19-8-22-45(42,43)44)32(25-40)15-5-2-6-16-32/h26-28,34-35H,1-25H2,(H2,42,43,44)(H3,33,36,37,38,39)/t26-,27-. The minimum absolute atomic E-state index is 0.0142. The van der Waals surface area contributed by atoms with Crippen molar-refractivity contribution in [2.24, 2.45) is 11.8 Å². The summed E-state index contributed by atoms with van der Waals surface area (Å²) in [6.45, 7) is 7.33. The van der Waals surface area contributed by atoms with Gasteiger partial charge in [-0.25, -0.2) is 0 Å². The van der Waals surface area contributed by atoms with Crippen LogP contribution in [0.5, 0.6) is 0 Å².